The second-order valence-corrected chi connectivity index (χ2v) is 12.2. The minimum Gasteiger partial charge on any atom is -0.0985 e. The smallest absolute Gasteiger partial charge is 0.0126 e. The average molecular weight is 481 g/mol. The molecule has 0 fully saturated rings. The molecule has 0 aliphatic carbocycles. The molecule has 0 aromatic heterocycles. The first-order chi connectivity index (χ1) is 16.6. The fourth-order valence-corrected chi connectivity index (χ4v) is 3.61. The van der Waals surface area contributed by atoms with Crippen LogP contribution in [0.2, 0.25) is 0 Å². The van der Waals surface area contributed by atoms with Gasteiger partial charge in [0.25, 0.3) is 0 Å². The molecule has 0 radical (unpaired) electrons. The summed E-state index contributed by atoms with van der Waals surface area (Å²) in [5.74, 6) is 0. The van der Waals surface area contributed by atoms with Crippen LogP contribution in [0.5, 0.6) is 0 Å². The Balaban J connectivity index is 0.000000270. The topological polar surface area (TPSA) is 0 Å². The number of hydrogen-bond donors (Lipinski definition) is 0. The maximum Gasteiger partial charge on any atom is -0.0126 e. The summed E-state index contributed by atoms with van der Waals surface area (Å²) in [6, 6.07) is 25.4. The Kier molecular flexibility index (Phi) is 11.4. The van der Waals surface area contributed by atoms with Crippen molar-refractivity contribution in [1.29, 1.82) is 0 Å². The van der Waals surface area contributed by atoms with Crippen molar-refractivity contribution in [3.63, 3.8) is 0 Å². The lowest BCUT2D eigenvalue weighted by Crippen LogP contribution is -2.12. The molecule has 0 spiro atoms. The minimum atomic E-state index is 0.213. The van der Waals surface area contributed by atoms with Gasteiger partial charge in [0.2, 0.25) is 0 Å². The molecular weight excluding hydrogens is 432 g/mol. The molecule has 0 nitrogen and oxygen atoms in total. The van der Waals surface area contributed by atoms with E-state index in [1.54, 1.807) is 0 Å². The zero-order chi connectivity index (χ0) is 27.6. The van der Waals surface area contributed by atoms with Crippen LogP contribution >= 0.6 is 0 Å². The molecule has 0 saturated heterocycles. The Morgan fingerprint density at radius 3 is 1.42 bits per heavy atom. The zero-order valence-corrected chi connectivity index (χ0v) is 24.3. The van der Waals surface area contributed by atoms with Gasteiger partial charge in [0.1, 0.15) is 0 Å². The summed E-state index contributed by atoms with van der Waals surface area (Å²) >= 11 is 0. The number of hydrogen-bond acceptors (Lipinski definition) is 0. The van der Waals surface area contributed by atoms with Crippen molar-refractivity contribution in [3.8, 4) is 0 Å². The highest BCUT2D eigenvalue weighted by Crippen LogP contribution is 2.26. The predicted octanol–water partition coefficient (Wildman–Crippen LogP) is 10.9. The molecule has 0 heterocycles. The lowest BCUT2D eigenvalue weighted by atomic mass is 9.84. The second kappa shape index (κ2) is 13.3. The number of rotatable bonds is 3. The van der Waals surface area contributed by atoms with Crippen molar-refractivity contribution < 1.29 is 0 Å². The standard InChI is InChI=1S/3C12H16/c1-5-10-6-8-11(9-7-10)12(2,3)4;1-5-10-7-6-8-11(9-10)12(2,3)4;1-5-10-8-6-7-9-11(10)12(2,3)4/h3*5-9H,1H2,2-4H3. The first-order valence-electron chi connectivity index (χ1n) is 12.8. The third-order valence-electron chi connectivity index (χ3n) is 5.99. The molecule has 0 bridgehead atoms. The quantitative estimate of drug-likeness (QED) is 0.349. The van der Waals surface area contributed by atoms with E-state index >= 15 is 0 Å². The van der Waals surface area contributed by atoms with Crippen molar-refractivity contribution >= 4 is 18.2 Å². The van der Waals surface area contributed by atoms with Gasteiger partial charge in [-0.3, -0.25) is 0 Å². The Labute approximate surface area is 222 Å². The summed E-state index contributed by atoms with van der Waals surface area (Å²) < 4.78 is 0. The molecule has 3 rings (SSSR count). The molecule has 0 N–H and O–H groups in total. The first kappa shape index (κ1) is 30.9. The summed E-state index contributed by atoms with van der Waals surface area (Å²) in [4.78, 5) is 0. The maximum absolute atomic E-state index is 3.81. The van der Waals surface area contributed by atoms with Crippen LogP contribution in [0.4, 0.5) is 0 Å². The van der Waals surface area contributed by atoms with Crippen LogP contribution in [0.25, 0.3) is 18.2 Å². The fraction of sp³-hybridized carbons (Fsp3) is 0.333. The van der Waals surface area contributed by atoms with Crippen LogP contribution in [0.3, 0.4) is 0 Å². The van der Waals surface area contributed by atoms with Gasteiger partial charge in [-0.1, -0.05) is 173 Å². The summed E-state index contributed by atoms with van der Waals surface area (Å²) in [6.07, 6.45) is 5.67. The van der Waals surface area contributed by atoms with Crippen molar-refractivity contribution in [2.75, 3.05) is 0 Å². The summed E-state index contributed by atoms with van der Waals surface area (Å²) in [5.41, 5.74) is 8.41. The zero-order valence-electron chi connectivity index (χ0n) is 24.3. The lowest BCUT2D eigenvalue weighted by molar-refractivity contribution is 0.589. The first-order valence-corrected chi connectivity index (χ1v) is 12.8. The van der Waals surface area contributed by atoms with Crippen molar-refractivity contribution in [1.82, 2.24) is 0 Å². The Morgan fingerprint density at radius 1 is 0.472 bits per heavy atom. The van der Waals surface area contributed by atoms with Crippen LogP contribution < -0.4 is 0 Å². The van der Waals surface area contributed by atoms with E-state index in [0.29, 0.717) is 0 Å². The highest BCUT2D eigenvalue weighted by molar-refractivity contribution is 5.54. The van der Waals surface area contributed by atoms with Gasteiger partial charge in [-0.25, -0.2) is 0 Å². The molecule has 0 atom stereocenters. The fourth-order valence-electron chi connectivity index (χ4n) is 3.61. The van der Waals surface area contributed by atoms with E-state index in [4.69, 9.17) is 0 Å². The van der Waals surface area contributed by atoms with E-state index in [-0.39, 0.29) is 16.2 Å². The van der Waals surface area contributed by atoms with E-state index in [2.05, 4.69) is 149 Å². The van der Waals surface area contributed by atoms with Gasteiger partial charge in [0.15, 0.2) is 0 Å². The van der Waals surface area contributed by atoms with Crippen LogP contribution in [0, 0.1) is 0 Å². The Bertz CT molecular complexity index is 1100. The molecule has 3 aromatic carbocycles. The van der Waals surface area contributed by atoms with E-state index in [1.807, 2.05) is 24.3 Å². The summed E-state index contributed by atoms with van der Waals surface area (Å²) in [7, 11) is 0. The van der Waals surface area contributed by atoms with E-state index in [9.17, 15) is 0 Å². The summed E-state index contributed by atoms with van der Waals surface area (Å²) in [6.45, 7) is 31.2. The molecule has 3 aromatic rings. The van der Waals surface area contributed by atoms with Gasteiger partial charge < -0.3 is 0 Å². The predicted molar refractivity (Wildman–Crippen MR) is 166 cm³/mol. The minimum absolute atomic E-state index is 0.213. The van der Waals surface area contributed by atoms with E-state index < -0.39 is 0 Å². The molecule has 0 amide bonds. The van der Waals surface area contributed by atoms with Gasteiger partial charge >= 0.3 is 0 Å². The third-order valence-corrected chi connectivity index (χ3v) is 5.99. The maximum atomic E-state index is 3.81. The van der Waals surface area contributed by atoms with E-state index in [1.165, 1.54) is 33.4 Å². The molecule has 0 aliphatic heterocycles. The van der Waals surface area contributed by atoms with E-state index in [0.717, 1.165) is 0 Å². The molecule has 36 heavy (non-hydrogen) atoms. The molecule has 0 saturated carbocycles. The van der Waals surface area contributed by atoms with Crippen LogP contribution in [0.1, 0.15) is 95.7 Å². The van der Waals surface area contributed by atoms with Crippen LogP contribution in [0.15, 0.2) is 92.5 Å². The highest BCUT2D eigenvalue weighted by atomic mass is 14.2. The Hall–Kier alpha value is -3.12. The Morgan fingerprint density at radius 2 is 1.00 bits per heavy atom. The van der Waals surface area contributed by atoms with Gasteiger partial charge in [-0.2, -0.15) is 0 Å². The SMILES string of the molecule is C=Cc1ccc(C(C)(C)C)cc1.C=Cc1cccc(C(C)(C)C)c1.C=Cc1ccccc1C(C)(C)C. The average Bonchev–Trinajstić information content (AvgIpc) is 2.83. The van der Waals surface area contributed by atoms with Crippen LogP contribution in [-0.2, 0) is 16.2 Å². The van der Waals surface area contributed by atoms with Crippen molar-refractivity contribution in [3.05, 3.63) is 126 Å². The van der Waals surface area contributed by atoms with Crippen LogP contribution in [-0.4, -0.2) is 0 Å². The van der Waals surface area contributed by atoms with Gasteiger partial charge in [0, 0.05) is 0 Å². The largest absolute Gasteiger partial charge is 0.0985 e. The van der Waals surface area contributed by atoms with Crippen molar-refractivity contribution in [2.45, 2.75) is 78.6 Å². The second-order valence-electron chi connectivity index (χ2n) is 12.2. The summed E-state index contributed by atoms with van der Waals surface area (Å²) in [5, 5.41) is 0. The van der Waals surface area contributed by atoms with Gasteiger partial charge in [0.05, 0.1) is 0 Å². The molecular formula is C36H48. The monoisotopic (exact) mass is 480 g/mol. The van der Waals surface area contributed by atoms with Gasteiger partial charge in [-0.05, 0) is 49.6 Å². The molecule has 0 unspecified atom stereocenters. The normalized spacial score (nSPS) is 11.2. The highest BCUT2D eigenvalue weighted by Gasteiger charge is 2.15. The van der Waals surface area contributed by atoms with Crippen molar-refractivity contribution in [2.24, 2.45) is 0 Å². The number of benzene rings is 3. The molecule has 192 valence electrons. The molecule has 0 aliphatic rings. The lowest BCUT2D eigenvalue weighted by Gasteiger charge is -2.21. The van der Waals surface area contributed by atoms with Gasteiger partial charge in [-0.15, -0.1) is 0 Å². The third kappa shape index (κ3) is 10.2. The molecule has 0 heteroatoms.